The van der Waals surface area contributed by atoms with Gasteiger partial charge in [-0.1, -0.05) is 12.8 Å². The van der Waals surface area contributed by atoms with Crippen LogP contribution < -0.4 is 0 Å². The van der Waals surface area contributed by atoms with Crippen LogP contribution in [0.2, 0.25) is 0 Å². The van der Waals surface area contributed by atoms with Gasteiger partial charge >= 0.3 is 5.97 Å². The lowest BCUT2D eigenvalue weighted by molar-refractivity contribution is -0.384. The maximum Gasteiger partial charge on any atom is 0.326 e. The van der Waals surface area contributed by atoms with Gasteiger partial charge in [0.15, 0.2) is 5.76 Å². The molecule has 1 aromatic carbocycles. The molecule has 2 aromatic rings. The molecule has 1 N–H and O–H groups in total. The van der Waals surface area contributed by atoms with Crippen LogP contribution in [0.1, 0.15) is 42.7 Å². The fourth-order valence-electron chi connectivity index (χ4n) is 4.35. The average Bonchev–Trinajstić information content (AvgIpc) is 3.21. The maximum absolute atomic E-state index is 13.0. The molecule has 0 radical (unpaired) electrons. The molecule has 2 fully saturated rings. The quantitative estimate of drug-likeness (QED) is 0.666. The summed E-state index contributed by atoms with van der Waals surface area (Å²) in [4.78, 5) is 36.6. The number of carboxylic acids is 1. The van der Waals surface area contributed by atoms with Gasteiger partial charge in [0.2, 0.25) is 0 Å². The van der Waals surface area contributed by atoms with Gasteiger partial charge < -0.3 is 14.4 Å². The van der Waals surface area contributed by atoms with Crippen molar-refractivity contribution in [1.29, 1.82) is 0 Å². The summed E-state index contributed by atoms with van der Waals surface area (Å²) in [6.07, 6.45) is 4.24. The van der Waals surface area contributed by atoms with Crippen molar-refractivity contribution in [2.24, 2.45) is 5.92 Å². The number of carbonyl (C=O) groups is 2. The molecule has 136 valence electrons. The molecule has 1 amide bonds. The normalized spacial score (nSPS) is 25.2. The van der Waals surface area contributed by atoms with E-state index in [2.05, 4.69) is 0 Å². The Morgan fingerprint density at radius 1 is 1.23 bits per heavy atom. The molecule has 2 aliphatic rings. The zero-order valence-corrected chi connectivity index (χ0v) is 14.0. The molecule has 1 aromatic heterocycles. The Morgan fingerprint density at radius 2 is 2.00 bits per heavy atom. The fraction of sp³-hybridized carbons (Fsp3) is 0.444. The summed E-state index contributed by atoms with van der Waals surface area (Å²) >= 11 is 0. The molecule has 0 spiro atoms. The molecule has 0 bridgehead atoms. The van der Waals surface area contributed by atoms with Crippen LogP contribution in [0.15, 0.2) is 28.7 Å². The summed E-state index contributed by atoms with van der Waals surface area (Å²) in [6, 6.07) is 4.63. The Kier molecular flexibility index (Phi) is 3.90. The number of nitro groups is 1. The smallest absolute Gasteiger partial charge is 0.326 e. The van der Waals surface area contributed by atoms with Crippen molar-refractivity contribution < 1.29 is 24.0 Å². The summed E-state index contributed by atoms with van der Waals surface area (Å²) in [6.45, 7) is 0. The number of carboxylic acid groups (broad SMARTS) is 1. The number of likely N-dealkylation sites (tertiary alicyclic amines) is 1. The molecule has 3 atom stereocenters. The highest BCUT2D eigenvalue weighted by molar-refractivity contribution is 5.98. The molecule has 2 heterocycles. The highest BCUT2D eigenvalue weighted by Crippen LogP contribution is 2.41. The minimum atomic E-state index is -1.00. The summed E-state index contributed by atoms with van der Waals surface area (Å²) in [7, 11) is 0. The van der Waals surface area contributed by atoms with Gasteiger partial charge in [0, 0.05) is 23.6 Å². The number of hydrogen-bond acceptors (Lipinski definition) is 5. The molecule has 3 unspecified atom stereocenters. The third-order valence-electron chi connectivity index (χ3n) is 5.53. The Labute approximate surface area is 148 Å². The van der Waals surface area contributed by atoms with Crippen LogP contribution in [0, 0.1) is 16.0 Å². The second kappa shape index (κ2) is 6.12. The van der Waals surface area contributed by atoms with E-state index in [9.17, 15) is 24.8 Å². The highest BCUT2D eigenvalue weighted by Gasteiger charge is 2.48. The van der Waals surface area contributed by atoms with E-state index in [4.69, 9.17) is 4.42 Å². The summed E-state index contributed by atoms with van der Waals surface area (Å²) in [5.74, 6) is -1.22. The lowest BCUT2D eigenvalue weighted by Gasteiger charge is -2.32. The van der Waals surface area contributed by atoms with E-state index in [-0.39, 0.29) is 23.4 Å². The molecule has 8 nitrogen and oxygen atoms in total. The van der Waals surface area contributed by atoms with E-state index in [1.54, 1.807) is 0 Å². The molecule has 1 aliphatic carbocycles. The molecule has 1 aliphatic heterocycles. The van der Waals surface area contributed by atoms with Crippen molar-refractivity contribution in [1.82, 2.24) is 4.90 Å². The third-order valence-corrected chi connectivity index (χ3v) is 5.53. The second-order valence-electron chi connectivity index (χ2n) is 7.00. The van der Waals surface area contributed by atoms with Crippen LogP contribution in [0.5, 0.6) is 0 Å². The SMILES string of the molecule is O=C(O)C1CC2CCCCC2N1C(=O)c1cc2cc([N+](=O)[O-])ccc2o1. The Morgan fingerprint density at radius 3 is 2.73 bits per heavy atom. The number of rotatable bonds is 3. The third kappa shape index (κ3) is 2.61. The molecule has 8 heteroatoms. The standard InChI is InChI=1S/C18H18N2O6/c21-17(16-9-11-7-12(20(24)25)5-6-15(11)26-16)19-13-4-2-1-3-10(13)8-14(19)18(22)23/h5-7,9-10,13-14H,1-4,8H2,(H,22,23). The topological polar surface area (TPSA) is 114 Å². The van der Waals surface area contributed by atoms with Crippen molar-refractivity contribution >= 4 is 28.5 Å². The molecule has 4 rings (SSSR count). The summed E-state index contributed by atoms with van der Waals surface area (Å²) in [5.41, 5.74) is 0.277. The summed E-state index contributed by atoms with van der Waals surface area (Å²) < 4.78 is 5.58. The zero-order chi connectivity index (χ0) is 18.4. The molecule has 1 saturated heterocycles. The number of benzene rings is 1. The number of amides is 1. The second-order valence-corrected chi connectivity index (χ2v) is 7.00. The van der Waals surface area contributed by atoms with Gasteiger partial charge in [-0.25, -0.2) is 4.79 Å². The first kappa shape index (κ1) is 16.6. The predicted molar refractivity (Wildman–Crippen MR) is 90.8 cm³/mol. The van der Waals surface area contributed by atoms with Gasteiger partial charge in [-0.3, -0.25) is 14.9 Å². The van der Waals surface area contributed by atoms with Gasteiger partial charge in [0.1, 0.15) is 11.6 Å². The van der Waals surface area contributed by atoms with Crippen LogP contribution in [0.3, 0.4) is 0 Å². The average molecular weight is 358 g/mol. The summed E-state index contributed by atoms with van der Waals surface area (Å²) in [5, 5.41) is 20.9. The number of carbonyl (C=O) groups excluding carboxylic acids is 1. The van der Waals surface area contributed by atoms with Gasteiger partial charge in [-0.2, -0.15) is 0 Å². The van der Waals surface area contributed by atoms with Crippen molar-refractivity contribution in [2.75, 3.05) is 0 Å². The van der Waals surface area contributed by atoms with E-state index in [1.807, 2.05) is 0 Å². The minimum Gasteiger partial charge on any atom is -0.480 e. The van der Waals surface area contributed by atoms with Gasteiger partial charge in [0.05, 0.1) is 4.92 Å². The van der Waals surface area contributed by atoms with Crippen LogP contribution in [0.4, 0.5) is 5.69 Å². The number of aliphatic carboxylic acids is 1. The largest absolute Gasteiger partial charge is 0.480 e. The van der Waals surface area contributed by atoms with E-state index >= 15 is 0 Å². The van der Waals surface area contributed by atoms with E-state index in [0.29, 0.717) is 17.4 Å². The first-order valence-corrected chi connectivity index (χ1v) is 8.69. The molecule has 26 heavy (non-hydrogen) atoms. The van der Waals surface area contributed by atoms with Crippen LogP contribution in [-0.2, 0) is 4.79 Å². The van der Waals surface area contributed by atoms with Crippen LogP contribution >= 0.6 is 0 Å². The number of fused-ring (bicyclic) bond motifs is 2. The number of nitro benzene ring substituents is 1. The van der Waals surface area contributed by atoms with Crippen LogP contribution in [0.25, 0.3) is 11.0 Å². The van der Waals surface area contributed by atoms with Crippen molar-refractivity contribution in [3.05, 3.63) is 40.1 Å². The van der Waals surface area contributed by atoms with Crippen molar-refractivity contribution in [3.8, 4) is 0 Å². The van der Waals surface area contributed by atoms with Crippen molar-refractivity contribution in [3.63, 3.8) is 0 Å². The van der Waals surface area contributed by atoms with Gasteiger partial charge in [-0.05, 0) is 37.3 Å². The van der Waals surface area contributed by atoms with Crippen LogP contribution in [-0.4, -0.2) is 38.9 Å². The Hall–Kier alpha value is -2.90. The predicted octanol–water partition coefficient (Wildman–Crippen LogP) is 3.20. The van der Waals surface area contributed by atoms with E-state index in [0.717, 1.165) is 25.7 Å². The van der Waals surface area contributed by atoms with Gasteiger partial charge in [0.25, 0.3) is 11.6 Å². The van der Waals surface area contributed by atoms with Crippen molar-refractivity contribution in [2.45, 2.75) is 44.2 Å². The number of furan rings is 1. The number of hydrogen-bond donors (Lipinski definition) is 1. The van der Waals surface area contributed by atoms with Gasteiger partial charge in [-0.15, -0.1) is 0 Å². The molecule has 1 saturated carbocycles. The number of non-ortho nitro benzene ring substituents is 1. The Bertz CT molecular complexity index is 904. The highest BCUT2D eigenvalue weighted by atomic mass is 16.6. The maximum atomic E-state index is 13.0. The number of nitrogens with zero attached hydrogens (tertiary/aromatic N) is 2. The lowest BCUT2D eigenvalue weighted by atomic mass is 9.84. The molecular formula is C18H18N2O6. The minimum absolute atomic E-state index is 0.0259. The molecular weight excluding hydrogens is 340 g/mol. The Balaban J connectivity index is 1.70. The van der Waals surface area contributed by atoms with E-state index in [1.165, 1.54) is 29.2 Å². The fourth-order valence-corrected chi connectivity index (χ4v) is 4.35. The zero-order valence-electron chi connectivity index (χ0n) is 14.0. The monoisotopic (exact) mass is 358 g/mol. The first-order valence-electron chi connectivity index (χ1n) is 8.69. The van der Waals surface area contributed by atoms with E-state index < -0.39 is 22.8 Å². The first-order chi connectivity index (χ1) is 12.5. The lowest BCUT2D eigenvalue weighted by Crippen LogP contribution is -2.46.